The predicted molar refractivity (Wildman–Crippen MR) is 142 cm³/mol. The summed E-state index contributed by atoms with van der Waals surface area (Å²) < 4.78 is 52.4. The van der Waals surface area contributed by atoms with Gasteiger partial charge in [0.15, 0.2) is 5.75 Å². The minimum atomic E-state index is -3.11. The maximum atomic E-state index is 14.2. The van der Waals surface area contributed by atoms with E-state index in [0.717, 1.165) is 37.6 Å². The predicted octanol–water partition coefficient (Wildman–Crippen LogP) is 6.02. The average Bonchev–Trinajstić information content (AvgIpc) is 3.24. The molecule has 0 aliphatic carbocycles. The highest BCUT2D eigenvalue weighted by atomic mass is 35.5. The van der Waals surface area contributed by atoms with Crippen LogP contribution in [0.5, 0.6) is 11.6 Å². The molecule has 2 aromatic heterocycles. The fraction of sp³-hybridized carbons (Fsp3) is 0.321. The van der Waals surface area contributed by atoms with Crippen LogP contribution in [0.15, 0.2) is 48.7 Å². The first-order valence-corrected chi connectivity index (χ1v) is 13.0. The summed E-state index contributed by atoms with van der Waals surface area (Å²) in [7, 11) is 1.72. The van der Waals surface area contributed by atoms with E-state index in [1.165, 1.54) is 12.1 Å². The zero-order chi connectivity index (χ0) is 28.4. The first kappa shape index (κ1) is 27.7. The van der Waals surface area contributed by atoms with Gasteiger partial charge in [-0.05, 0) is 62.2 Å². The Morgan fingerprint density at radius 2 is 1.98 bits per heavy atom. The summed E-state index contributed by atoms with van der Waals surface area (Å²) in [5.41, 5.74) is 1.76. The van der Waals surface area contributed by atoms with Crippen LogP contribution >= 0.6 is 11.6 Å². The Balaban J connectivity index is 1.27. The number of hydrogen-bond donors (Lipinski definition) is 1. The molecule has 0 unspecified atom stereocenters. The number of imidazole rings is 1. The van der Waals surface area contributed by atoms with Gasteiger partial charge in [-0.25, -0.2) is 19.2 Å². The second-order valence-electron chi connectivity index (χ2n) is 9.59. The van der Waals surface area contributed by atoms with Crippen molar-refractivity contribution >= 4 is 28.6 Å². The van der Waals surface area contributed by atoms with Crippen LogP contribution in [-0.4, -0.2) is 50.2 Å². The van der Waals surface area contributed by atoms with Crippen LogP contribution < -0.4 is 9.47 Å². The number of aromatic nitrogens is 3. The van der Waals surface area contributed by atoms with Gasteiger partial charge in [0.1, 0.15) is 23.8 Å². The molecule has 0 atom stereocenters. The Hall–Kier alpha value is -3.83. The standard InChI is InChI=1S/C28H26ClF3N4O4/c1-35-22-11-18(27(37)38)12-23(40-28(31)32)25(22)34-24(35)14-36-9-6-16(7-10-36)20-3-2-8-33-26(20)39-15-17-4-5-19(29)13-21(17)30/h2-5,8,11-13,16,28H,6-7,9-10,14-15H2,1H3,(H,37,38). The lowest BCUT2D eigenvalue weighted by molar-refractivity contribution is -0.0489. The Labute approximate surface area is 232 Å². The van der Waals surface area contributed by atoms with Gasteiger partial charge in [-0.1, -0.05) is 23.7 Å². The van der Waals surface area contributed by atoms with Crippen molar-refractivity contribution in [2.45, 2.75) is 38.5 Å². The van der Waals surface area contributed by atoms with E-state index in [9.17, 15) is 23.1 Å². The minimum absolute atomic E-state index is 0.0272. The molecular formula is C28H26ClF3N4O4. The number of piperidine rings is 1. The number of alkyl halides is 2. The molecule has 0 amide bonds. The zero-order valence-corrected chi connectivity index (χ0v) is 22.2. The highest BCUT2D eigenvalue weighted by Gasteiger charge is 2.26. The van der Waals surface area contributed by atoms with Crippen LogP contribution in [0.1, 0.15) is 46.1 Å². The highest BCUT2D eigenvalue weighted by Crippen LogP contribution is 2.35. The number of nitrogens with zero attached hydrogens (tertiary/aromatic N) is 4. The number of carbonyl (C=O) groups is 1. The number of benzene rings is 2. The van der Waals surface area contributed by atoms with E-state index in [-0.39, 0.29) is 29.4 Å². The maximum Gasteiger partial charge on any atom is 0.387 e. The molecule has 3 heterocycles. The third-order valence-corrected chi connectivity index (χ3v) is 7.31. The van der Waals surface area contributed by atoms with Gasteiger partial charge in [0, 0.05) is 29.4 Å². The molecule has 1 saturated heterocycles. The monoisotopic (exact) mass is 574 g/mol. The van der Waals surface area contributed by atoms with E-state index in [0.29, 0.717) is 34.4 Å². The molecule has 8 nitrogen and oxygen atoms in total. The number of fused-ring (bicyclic) bond motifs is 1. The SMILES string of the molecule is Cn1c(CN2CCC(c3cccnc3OCc3ccc(Cl)cc3F)CC2)nc2c(OC(F)F)cc(C(=O)O)cc21. The second kappa shape index (κ2) is 11.7. The average molecular weight is 575 g/mol. The number of ether oxygens (including phenoxy) is 2. The number of rotatable bonds is 9. The van der Waals surface area contributed by atoms with Crippen LogP contribution in [0, 0.1) is 5.82 Å². The van der Waals surface area contributed by atoms with E-state index in [1.54, 1.807) is 29.9 Å². The van der Waals surface area contributed by atoms with Crippen LogP contribution in [0.3, 0.4) is 0 Å². The molecule has 0 saturated carbocycles. The van der Waals surface area contributed by atoms with Gasteiger partial charge >= 0.3 is 12.6 Å². The number of aromatic carboxylic acids is 1. The summed E-state index contributed by atoms with van der Waals surface area (Å²) in [6.45, 7) is -1.17. The molecule has 0 spiro atoms. The van der Waals surface area contributed by atoms with Gasteiger partial charge in [-0.2, -0.15) is 8.78 Å². The molecule has 210 valence electrons. The number of halogens is 4. The summed E-state index contributed by atoms with van der Waals surface area (Å²) in [4.78, 5) is 22.6. The summed E-state index contributed by atoms with van der Waals surface area (Å²) in [6, 6.07) is 10.7. The molecule has 12 heteroatoms. The summed E-state index contributed by atoms with van der Waals surface area (Å²) in [5.74, 6) is -0.709. The molecule has 40 heavy (non-hydrogen) atoms. The van der Waals surface area contributed by atoms with Gasteiger partial charge in [-0.15, -0.1) is 0 Å². The number of pyridine rings is 1. The van der Waals surface area contributed by atoms with Crippen molar-refractivity contribution in [1.82, 2.24) is 19.4 Å². The van der Waals surface area contributed by atoms with Gasteiger partial charge in [0.05, 0.1) is 17.6 Å². The lowest BCUT2D eigenvalue weighted by atomic mass is 9.90. The van der Waals surface area contributed by atoms with Crippen molar-refractivity contribution < 1.29 is 32.5 Å². The Morgan fingerprint density at radius 1 is 1.20 bits per heavy atom. The topological polar surface area (TPSA) is 89.7 Å². The third-order valence-electron chi connectivity index (χ3n) is 7.08. The van der Waals surface area contributed by atoms with Crippen molar-refractivity contribution in [3.8, 4) is 11.6 Å². The van der Waals surface area contributed by atoms with E-state index in [4.69, 9.17) is 16.3 Å². The number of aryl methyl sites for hydroxylation is 1. The smallest absolute Gasteiger partial charge is 0.387 e. The summed E-state index contributed by atoms with van der Waals surface area (Å²) in [5, 5.41) is 9.71. The normalized spacial score (nSPS) is 14.7. The van der Waals surface area contributed by atoms with Crippen molar-refractivity contribution in [3.63, 3.8) is 0 Å². The lowest BCUT2D eigenvalue weighted by Gasteiger charge is -2.32. The van der Waals surface area contributed by atoms with Gasteiger partial charge < -0.3 is 19.1 Å². The number of carboxylic acids is 1. The van der Waals surface area contributed by atoms with Crippen molar-refractivity contribution in [1.29, 1.82) is 0 Å². The summed E-state index contributed by atoms with van der Waals surface area (Å²) >= 11 is 5.84. The second-order valence-corrected chi connectivity index (χ2v) is 10.0. The highest BCUT2D eigenvalue weighted by molar-refractivity contribution is 6.30. The molecule has 1 N–H and O–H groups in total. The Bertz CT molecular complexity index is 1540. The Kier molecular flexibility index (Phi) is 8.13. The van der Waals surface area contributed by atoms with Crippen LogP contribution in [0.4, 0.5) is 13.2 Å². The third kappa shape index (κ3) is 6.00. The number of carboxylic acid groups (broad SMARTS) is 1. The first-order valence-electron chi connectivity index (χ1n) is 12.6. The Morgan fingerprint density at radius 3 is 2.67 bits per heavy atom. The largest absolute Gasteiger partial charge is 0.478 e. The molecule has 1 fully saturated rings. The van der Waals surface area contributed by atoms with Crippen molar-refractivity contribution in [2.75, 3.05) is 13.1 Å². The number of likely N-dealkylation sites (tertiary alicyclic amines) is 1. The van der Waals surface area contributed by atoms with Gasteiger partial charge in [0.2, 0.25) is 5.88 Å². The van der Waals surface area contributed by atoms with Crippen LogP contribution in [0.25, 0.3) is 11.0 Å². The fourth-order valence-electron chi connectivity index (χ4n) is 4.98. The molecule has 0 bridgehead atoms. The fourth-order valence-corrected chi connectivity index (χ4v) is 5.14. The molecular weight excluding hydrogens is 549 g/mol. The van der Waals surface area contributed by atoms with Gasteiger partial charge in [-0.3, -0.25) is 4.90 Å². The molecule has 1 aliphatic rings. The molecule has 1 aliphatic heterocycles. The van der Waals surface area contributed by atoms with E-state index < -0.39 is 18.4 Å². The molecule has 4 aromatic rings. The maximum absolute atomic E-state index is 14.2. The van der Waals surface area contributed by atoms with Crippen molar-refractivity contribution in [3.05, 3.63) is 82.0 Å². The minimum Gasteiger partial charge on any atom is -0.478 e. The molecule has 0 radical (unpaired) electrons. The lowest BCUT2D eigenvalue weighted by Crippen LogP contribution is -2.33. The molecule has 2 aromatic carbocycles. The van der Waals surface area contributed by atoms with E-state index >= 15 is 0 Å². The van der Waals surface area contributed by atoms with E-state index in [2.05, 4.69) is 19.6 Å². The van der Waals surface area contributed by atoms with Crippen molar-refractivity contribution in [2.24, 2.45) is 7.05 Å². The van der Waals surface area contributed by atoms with Gasteiger partial charge in [0.25, 0.3) is 0 Å². The van der Waals surface area contributed by atoms with Crippen LogP contribution in [-0.2, 0) is 20.2 Å². The molecule has 5 rings (SSSR count). The van der Waals surface area contributed by atoms with Crippen LogP contribution in [0.2, 0.25) is 5.02 Å². The number of hydrogen-bond acceptors (Lipinski definition) is 6. The summed E-state index contributed by atoms with van der Waals surface area (Å²) in [6.07, 6.45) is 3.26. The van der Waals surface area contributed by atoms with E-state index in [1.807, 2.05) is 12.1 Å². The quantitative estimate of drug-likeness (QED) is 0.261. The first-order chi connectivity index (χ1) is 19.2. The zero-order valence-electron chi connectivity index (χ0n) is 21.5.